The Morgan fingerprint density at radius 3 is 2.57 bits per heavy atom. The number of aliphatic imine (C=N–C) groups is 1. The van der Waals surface area contributed by atoms with Crippen molar-refractivity contribution in [3.8, 4) is 0 Å². The van der Waals surface area contributed by atoms with Crippen LogP contribution < -0.4 is 10.6 Å². The maximum atomic E-state index is 12.0. The highest BCUT2D eigenvalue weighted by Crippen LogP contribution is 2.24. The van der Waals surface area contributed by atoms with Gasteiger partial charge in [0.1, 0.15) is 6.54 Å². The molecule has 1 saturated heterocycles. The molecule has 0 aromatic heterocycles. The van der Waals surface area contributed by atoms with Gasteiger partial charge in [0.15, 0.2) is 5.96 Å². The lowest BCUT2D eigenvalue weighted by Gasteiger charge is -2.36. The van der Waals surface area contributed by atoms with E-state index >= 15 is 0 Å². The summed E-state index contributed by atoms with van der Waals surface area (Å²) >= 11 is 2.04. The van der Waals surface area contributed by atoms with E-state index in [0.717, 1.165) is 31.3 Å². The Hall–Kier alpha value is -0.180. The Morgan fingerprint density at radius 1 is 1.39 bits per heavy atom. The molecule has 2 N–H and O–H groups in total. The van der Waals surface area contributed by atoms with E-state index in [1.54, 1.807) is 0 Å². The van der Waals surface area contributed by atoms with Crippen LogP contribution in [0.15, 0.2) is 4.99 Å². The monoisotopic (exact) mass is 456 g/mol. The van der Waals surface area contributed by atoms with Gasteiger partial charge in [-0.15, -0.1) is 24.0 Å². The summed E-state index contributed by atoms with van der Waals surface area (Å²) in [7, 11) is 0. The van der Waals surface area contributed by atoms with Crippen LogP contribution in [0.25, 0.3) is 0 Å². The first-order valence-electron chi connectivity index (χ1n) is 8.18. The number of hydrogen-bond acceptors (Lipinski definition) is 3. The van der Waals surface area contributed by atoms with Crippen LogP contribution in [0, 0.1) is 5.92 Å². The average Bonchev–Trinajstić information content (AvgIpc) is 2.41. The molecule has 1 heterocycles. The van der Waals surface area contributed by atoms with Gasteiger partial charge in [-0.2, -0.15) is 11.8 Å². The number of rotatable bonds is 4. The fraction of sp³-hybridized carbons (Fsp3) is 0.875. The van der Waals surface area contributed by atoms with Crippen molar-refractivity contribution in [1.29, 1.82) is 0 Å². The summed E-state index contributed by atoms with van der Waals surface area (Å²) in [5, 5.41) is 6.89. The molecule has 0 aromatic carbocycles. The molecule has 0 aromatic rings. The van der Waals surface area contributed by atoms with E-state index in [2.05, 4.69) is 41.3 Å². The Labute approximate surface area is 162 Å². The van der Waals surface area contributed by atoms with Crippen molar-refractivity contribution >= 4 is 47.6 Å². The second-order valence-electron chi connectivity index (χ2n) is 7.07. The standard InChI is InChI=1S/C16H32N4OS.HI/c1-7-17-15(18-10-14(21)19-16(4,5)6)20-8-9-22-13(11-20)12(2)3;/h12-13H,7-11H2,1-6H3,(H,17,18)(H,19,21);1H. The summed E-state index contributed by atoms with van der Waals surface area (Å²) in [6.45, 7) is 15.5. The molecular weight excluding hydrogens is 423 g/mol. The number of guanidine groups is 1. The van der Waals surface area contributed by atoms with Crippen LogP contribution in [-0.4, -0.2) is 59.5 Å². The topological polar surface area (TPSA) is 56.7 Å². The second-order valence-corrected chi connectivity index (χ2v) is 8.41. The maximum Gasteiger partial charge on any atom is 0.242 e. The molecule has 1 amide bonds. The van der Waals surface area contributed by atoms with E-state index in [1.807, 2.05) is 32.5 Å². The quantitative estimate of drug-likeness (QED) is 0.388. The van der Waals surface area contributed by atoms with E-state index in [-0.39, 0.29) is 42.0 Å². The molecule has 0 radical (unpaired) electrons. The number of halogens is 1. The van der Waals surface area contributed by atoms with Gasteiger partial charge in [0.2, 0.25) is 5.91 Å². The summed E-state index contributed by atoms with van der Waals surface area (Å²) in [5.74, 6) is 2.59. The van der Waals surface area contributed by atoms with Crippen LogP contribution in [0.1, 0.15) is 41.5 Å². The van der Waals surface area contributed by atoms with E-state index in [1.165, 1.54) is 0 Å². The van der Waals surface area contributed by atoms with Crippen molar-refractivity contribution in [1.82, 2.24) is 15.5 Å². The minimum atomic E-state index is -0.213. The third-order valence-corrected chi connectivity index (χ3v) is 4.90. The Balaban J connectivity index is 0.00000484. The van der Waals surface area contributed by atoms with Crippen molar-refractivity contribution in [3.05, 3.63) is 0 Å². The van der Waals surface area contributed by atoms with Crippen LogP contribution in [0.5, 0.6) is 0 Å². The lowest BCUT2D eigenvalue weighted by Crippen LogP contribution is -2.49. The molecule has 0 aliphatic carbocycles. The van der Waals surface area contributed by atoms with Crippen LogP contribution in [0.2, 0.25) is 0 Å². The van der Waals surface area contributed by atoms with Gasteiger partial charge < -0.3 is 15.5 Å². The highest BCUT2D eigenvalue weighted by atomic mass is 127. The number of nitrogens with one attached hydrogen (secondary N) is 2. The van der Waals surface area contributed by atoms with Crippen LogP contribution in [-0.2, 0) is 4.79 Å². The first-order valence-corrected chi connectivity index (χ1v) is 9.23. The Morgan fingerprint density at radius 2 is 2.04 bits per heavy atom. The van der Waals surface area contributed by atoms with E-state index < -0.39 is 0 Å². The summed E-state index contributed by atoms with van der Waals surface area (Å²) in [6.07, 6.45) is 0. The molecule has 23 heavy (non-hydrogen) atoms. The molecule has 1 aliphatic heterocycles. The number of amides is 1. The van der Waals surface area contributed by atoms with E-state index in [4.69, 9.17) is 0 Å². The predicted octanol–water partition coefficient (Wildman–Crippen LogP) is 2.56. The minimum Gasteiger partial charge on any atom is -0.357 e. The van der Waals surface area contributed by atoms with Crippen molar-refractivity contribution in [3.63, 3.8) is 0 Å². The van der Waals surface area contributed by atoms with Gasteiger partial charge in [-0.1, -0.05) is 13.8 Å². The zero-order chi connectivity index (χ0) is 16.8. The fourth-order valence-electron chi connectivity index (χ4n) is 2.30. The molecule has 5 nitrogen and oxygen atoms in total. The SMILES string of the molecule is CCNC(=NCC(=O)NC(C)(C)C)N1CCSC(C(C)C)C1.I. The number of carbonyl (C=O) groups excluding carboxylic acids is 1. The van der Waals surface area contributed by atoms with Crippen LogP contribution in [0.4, 0.5) is 0 Å². The molecule has 136 valence electrons. The fourth-order valence-corrected chi connectivity index (χ4v) is 3.60. The smallest absolute Gasteiger partial charge is 0.242 e. The largest absolute Gasteiger partial charge is 0.357 e. The van der Waals surface area contributed by atoms with Gasteiger partial charge in [-0.3, -0.25) is 4.79 Å². The van der Waals surface area contributed by atoms with Crippen molar-refractivity contribution in [2.75, 3.05) is 31.9 Å². The molecule has 1 aliphatic rings. The lowest BCUT2D eigenvalue weighted by atomic mass is 10.1. The van der Waals surface area contributed by atoms with Gasteiger partial charge in [0.05, 0.1) is 0 Å². The van der Waals surface area contributed by atoms with Gasteiger partial charge in [0.25, 0.3) is 0 Å². The summed E-state index contributed by atoms with van der Waals surface area (Å²) in [4.78, 5) is 18.8. The Bertz CT molecular complexity index is 396. The van der Waals surface area contributed by atoms with Crippen LogP contribution >= 0.6 is 35.7 Å². The van der Waals surface area contributed by atoms with Gasteiger partial charge >= 0.3 is 0 Å². The molecule has 1 fully saturated rings. The molecule has 1 atom stereocenters. The Kier molecular flexibility index (Phi) is 10.6. The third-order valence-electron chi connectivity index (χ3n) is 3.36. The first kappa shape index (κ1) is 22.8. The number of hydrogen-bond donors (Lipinski definition) is 2. The van der Waals surface area contributed by atoms with Crippen molar-refractivity contribution in [2.45, 2.75) is 52.3 Å². The predicted molar refractivity (Wildman–Crippen MR) is 112 cm³/mol. The van der Waals surface area contributed by atoms with E-state index in [9.17, 15) is 4.79 Å². The first-order chi connectivity index (χ1) is 10.2. The average molecular weight is 456 g/mol. The summed E-state index contributed by atoms with van der Waals surface area (Å²) in [6, 6.07) is 0. The maximum absolute atomic E-state index is 12.0. The van der Waals surface area contributed by atoms with Gasteiger partial charge in [-0.05, 0) is 33.6 Å². The lowest BCUT2D eigenvalue weighted by molar-refractivity contribution is -0.121. The molecule has 0 spiro atoms. The zero-order valence-corrected chi connectivity index (χ0v) is 18.5. The molecule has 1 rings (SSSR count). The third kappa shape index (κ3) is 9.02. The second kappa shape index (κ2) is 10.6. The summed E-state index contributed by atoms with van der Waals surface area (Å²) < 4.78 is 0. The normalized spacial score (nSPS) is 19.3. The number of thioether (sulfide) groups is 1. The molecular formula is C16H33IN4OS. The minimum absolute atomic E-state index is 0. The molecule has 0 saturated carbocycles. The molecule has 1 unspecified atom stereocenters. The highest BCUT2D eigenvalue weighted by molar-refractivity contribution is 14.0. The van der Waals surface area contributed by atoms with Gasteiger partial charge in [-0.25, -0.2) is 4.99 Å². The van der Waals surface area contributed by atoms with Crippen molar-refractivity contribution < 1.29 is 4.79 Å². The number of carbonyl (C=O) groups is 1. The van der Waals surface area contributed by atoms with E-state index in [0.29, 0.717) is 11.2 Å². The highest BCUT2D eigenvalue weighted by Gasteiger charge is 2.25. The molecule has 0 bridgehead atoms. The summed E-state index contributed by atoms with van der Waals surface area (Å²) in [5.41, 5.74) is -0.213. The van der Waals surface area contributed by atoms with Crippen molar-refractivity contribution in [2.24, 2.45) is 10.9 Å². The van der Waals surface area contributed by atoms with Crippen LogP contribution in [0.3, 0.4) is 0 Å². The van der Waals surface area contributed by atoms with Gasteiger partial charge in [0, 0.05) is 36.2 Å². The zero-order valence-electron chi connectivity index (χ0n) is 15.3. The number of nitrogens with zero attached hydrogens (tertiary/aromatic N) is 2. The molecule has 7 heteroatoms.